The number of para-hydroxylation sites is 2. The van der Waals surface area contributed by atoms with Crippen LogP contribution in [0.1, 0.15) is 0 Å². The Morgan fingerprint density at radius 3 is 2.75 bits per heavy atom. The summed E-state index contributed by atoms with van der Waals surface area (Å²) in [4.78, 5) is 13.6. The highest BCUT2D eigenvalue weighted by Gasteiger charge is 2.12. The van der Waals surface area contributed by atoms with Crippen molar-refractivity contribution >= 4 is 11.6 Å². The van der Waals surface area contributed by atoms with Crippen LogP contribution < -0.4 is 10.1 Å². The van der Waals surface area contributed by atoms with E-state index in [1.807, 2.05) is 12.1 Å². The topological polar surface area (TPSA) is 71.0 Å². The van der Waals surface area contributed by atoms with Gasteiger partial charge in [-0.1, -0.05) is 12.1 Å². The maximum atomic E-state index is 11.9. The summed E-state index contributed by atoms with van der Waals surface area (Å²) < 4.78 is 10.0. The van der Waals surface area contributed by atoms with E-state index in [0.717, 1.165) is 0 Å². The van der Waals surface area contributed by atoms with Crippen LogP contribution in [0.2, 0.25) is 0 Å². The molecule has 1 aromatic carbocycles. The zero-order chi connectivity index (χ0) is 15.0. The molecule has 0 heterocycles. The number of aliphatic hydroxyl groups excluding tert-OH is 1. The summed E-state index contributed by atoms with van der Waals surface area (Å²) >= 11 is 0. The van der Waals surface area contributed by atoms with Gasteiger partial charge in [0.05, 0.1) is 32.1 Å². The molecule has 1 rings (SSSR count). The van der Waals surface area contributed by atoms with E-state index in [-0.39, 0.29) is 19.1 Å². The zero-order valence-electron chi connectivity index (χ0n) is 12.1. The third-order valence-corrected chi connectivity index (χ3v) is 2.68. The summed E-state index contributed by atoms with van der Waals surface area (Å²) in [5, 5.41) is 12.4. The number of amides is 1. The first-order valence-electron chi connectivity index (χ1n) is 6.35. The largest absolute Gasteiger partial charge is 0.495 e. The number of nitrogens with one attached hydrogen (secondary N) is 1. The molecule has 0 bridgehead atoms. The van der Waals surface area contributed by atoms with Gasteiger partial charge < -0.3 is 19.9 Å². The molecule has 2 N–H and O–H groups in total. The van der Waals surface area contributed by atoms with Gasteiger partial charge in [-0.25, -0.2) is 0 Å². The minimum absolute atomic E-state index is 0.165. The number of nitrogens with zero attached hydrogens (tertiary/aromatic N) is 1. The highest BCUT2D eigenvalue weighted by atomic mass is 16.5. The van der Waals surface area contributed by atoms with Crippen LogP contribution in [0.5, 0.6) is 5.75 Å². The van der Waals surface area contributed by atoms with Crippen molar-refractivity contribution in [2.75, 3.05) is 46.3 Å². The molecule has 112 valence electrons. The molecule has 0 spiro atoms. The van der Waals surface area contributed by atoms with E-state index in [2.05, 4.69) is 5.32 Å². The first-order chi connectivity index (χ1) is 9.56. The van der Waals surface area contributed by atoms with Crippen LogP contribution in [-0.4, -0.2) is 63.0 Å². The first-order valence-corrected chi connectivity index (χ1v) is 6.35. The number of likely N-dealkylation sites (N-methyl/N-ethyl adjacent to an activating group) is 1. The van der Waals surface area contributed by atoms with Crippen LogP contribution in [0, 0.1) is 0 Å². The van der Waals surface area contributed by atoms with Crippen LogP contribution in [0.3, 0.4) is 0 Å². The monoisotopic (exact) mass is 282 g/mol. The zero-order valence-corrected chi connectivity index (χ0v) is 12.1. The third-order valence-electron chi connectivity index (χ3n) is 2.68. The number of methoxy groups -OCH3 is 2. The molecule has 6 nitrogen and oxygen atoms in total. The number of hydrogen-bond donors (Lipinski definition) is 2. The van der Waals surface area contributed by atoms with E-state index >= 15 is 0 Å². The quantitative estimate of drug-likeness (QED) is 0.729. The molecule has 1 unspecified atom stereocenters. The number of aliphatic hydroxyl groups is 1. The van der Waals surface area contributed by atoms with Gasteiger partial charge in [-0.2, -0.15) is 0 Å². The fraction of sp³-hybridized carbons (Fsp3) is 0.500. The Morgan fingerprint density at radius 2 is 2.10 bits per heavy atom. The van der Waals surface area contributed by atoms with Crippen molar-refractivity contribution in [3.8, 4) is 5.75 Å². The Bertz CT molecular complexity index is 425. The minimum Gasteiger partial charge on any atom is -0.495 e. The lowest BCUT2D eigenvalue weighted by Gasteiger charge is -2.19. The summed E-state index contributed by atoms with van der Waals surface area (Å²) in [6.07, 6.45) is -0.607. The van der Waals surface area contributed by atoms with Gasteiger partial charge in [-0.15, -0.1) is 0 Å². The predicted octanol–water partition coefficient (Wildman–Crippen LogP) is 0.573. The van der Waals surface area contributed by atoms with Gasteiger partial charge >= 0.3 is 0 Å². The molecular weight excluding hydrogens is 260 g/mol. The smallest absolute Gasteiger partial charge is 0.238 e. The number of rotatable bonds is 8. The lowest BCUT2D eigenvalue weighted by Crippen LogP contribution is -2.37. The van der Waals surface area contributed by atoms with Crippen molar-refractivity contribution in [2.45, 2.75) is 6.10 Å². The second-order valence-electron chi connectivity index (χ2n) is 4.55. The van der Waals surface area contributed by atoms with Crippen molar-refractivity contribution in [3.05, 3.63) is 24.3 Å². The van der Waals surface area contributed by atoms with Crippen LogP contribution in [0.25, 0.3) is 0 Å². The van der Waals surface area contributed by atoms with E-state index in [9.17, 15) is 9.90 Å². The van der Waals surface area contributed by atoms with Crippen molar-refractivity contribution in [1.29, 1.82) is 0 Å². The lowest BCUT2D eigenvalue weighted by molar-refractivity contribution is -0.117. The van der Waals surface area contributed by atoms with Gasteiger partial charge in [-0.05, 0) is 19.2 Å². The molecule has 0 aromatic heterocycles. The molecule has 0 fully saturated rings. The second-order valence-corrected chi connectivity index (χ2v) is 4.55. The van der Waals surface area contributed by atoms with Crippen molar-refractivity contribution in [1.82, 2.24) is 4.90 Å². The third kappa shape index (κ3) is 5.56. The Hall–Kier alpha value is -1.63. The molecule has 20 heavy (non-hydrogen) atoms. The number of carbonyl (C=O) groups excluding carboxylic acids is 1. The molecule has 0 aliphatic carbocycles. The van der Waals surface area contributed by atoms with Crippen LogP contribution in [0.15, 0.2) is 24.3 Å². The Morgan fingerprint density at radius 1 is 1.40 bits per heavy atom. The summed E-state index contributed by atoms with van der Waals surface area (Å²) in [5.41, 5.74) is 0.630. The van der Waals surface area contributed by atoms with E-state index in [4.69, 9.17) is 9.47 Å². The number of benzene rings is 1. The highest BCUT2D eigenvalue weighted by Crippen LogP contribution is 2.22. The van der Waals surface area contributed by atoms with Gasteiger partial charge in [0.1, 0.15) is 5.75 Å². The fourth-order valence-corrected chi connectivity index (χ4v) is 1.85. The number of hydrogen-bond acceptors (Lipinski definition) is 5. The van der Waals surface area contributed by atoms with E-state index in [1.165, 1.54) is 7.11 Å². The maximum absolute atomic E-state index is 11.9. The maximum Gasteiger partial charge on any atom is 0.238 e. The SMILES string of the molecule is COCC(O)CN(C)CC(=O)Nc1ccccc1OC. The van der Waals surface area contributed by atoms with Crippen LogP contribution in [-0.2, 0) is 9.53 Å². The number of ether oxygens (including phenoxy) is 2. The molecule has 0 saturated heterocycles. The Balaban J connectivity index is 2.47. The van der Waals surface area contributed by atoms with E-state index in [0.29, 0.717) is 18.0 Å². The van der Waals surface area contributed by atoms with Gasteiger partial charge in [0.2, 0.25) is 5.91 Å². The molecular formula is C14H22N2O4. The molecule has 1 aromatic rings. The molecule has 1 amide bonds. The molecule has 1 atom stereocenters. The Labute approximate surface area is 119 Å². The summed E-state index contributed by atoms with van der Waals surface area (Å²) in [7, 11) is 4.84. The van der Waals surface area contributed by atoms with Crippen molar-refractivity contribution in [3.63, 3.8) is 0 Å². The van der Waals surface area contributed by atoms with E-state index in [1.54, 1.807) is 31.2 Å². The van der Waals surface area contributed by atoms with E-state index < -0.39 is 6.10 Å². The number of carbonyl (C=O) groups is 1. The summed E-state index contributed by atoms with van der Waals surface area (Å²) in [6.45, 7) is 0.796. The van der Waals surface area contributed by atoms with Crippen molar-refractivity contribution in [2.24, 2.45) is 0 Å². The molecule has 0 saturated carbocycles. The Kier molecular flexibility index (Phi) is 7.00. The molecule has 6 heteroatoms. The lowest BCUT2D eigenvalue weighted by atomic mass is 10.3. The first kappa shape index (κ1) is 16.4. The molecule has 0 radical (unpaired) electrons. The fourth-order valence-electron chi connectivity index (χ4n) is 1.85. The predicted molar refractivity (Wildman–Crippen MR) is 77.0 cm³/mol. The van der Waals surface area contributed by atoms with Gasteiger partial charge in [0.25, 0.3) is 0 Å². The van der Waals surface area contributed by atoms with Gasteiger partial charge in [0, 0.05) is 13.7 Å². The highest BCUT2D eigenvalue weighted by molar-refractivity contribution is 5.93. The van der Waals surface area contributed by atoms with Crippen LogP contribution >= 0.6 is 0 Å². The second kappa shape index (κ2) is 8.52. The average molecular weight is 282 g/mol. The van der Waals surface area contributed by atoms with Gasteiger partial charge in [-0.3, -0.25) is 9.69 Å². The van der Waals surface area contributed by atoms with Crippen molar-refractivity contribution < 1.29 is 19.4 Å². The number of anilines is 1. The summed E-state index contributed by atoms with van der Waals surface area (Å²) in [6, 6.07) is 7.21. The van der Waals surface area contributed by atoms with Crippen LogP contribution in [0.4, 0.5) is 5.69 Å². The molecule has 0 aliphatic heterocycles. The summed E-state index contributed by atoms with van der Waals surface area (Å²) in [5.74, 6) is 0.449. The van der Waals surface area contributed by atoms with Gasteiger partial charge in [0.15, 0.2) is 0 Å². The molecule has 0 aliphatic rings. The average Bonchev–Trinajstić information content (AvgIpc) is 2.39. The standard InChI is InChI=1S/C14H22N2O4/c1-16(8-11(17)10-19-2)9-14(18)15-12-6-4-5-7-13(12)20-3/h4-7,11,17H,8-10H2,1-3H3,(H,15,18). The minimum atomic E-state index is -0.607. The normalized spacial score (nSPS) is 12.2.